The van der Waals surface area contributed by atoms with Crippen LogP contribution in [0.25, 0.3) is 11.0 Å². The summed E-state index contributed by atoms with van der Waals surface area (Å²) in [6, 6.07) is 5.47. The summed E-state index contributed by atoms with van der Waals surface area (Å²) in [5, 5.41) is 10.2. The third-order valence-corrected chi connectivity index (χ3v) is 4.30. The summed E-state index contributed by atoms with van der Waals surface area (Å²) < 4.78 is 1.93. The van der Waals surface area contributed by atoms with Crippen LogP contribution in [0.2, 0.25) is 0 Å². The Morgan fingerprint density at radius 3 is 2.90 bits per heavy atom. The predicted molar refractivity (Wildman–Crippen MR) is 81.1 cm³/mol. The molecule has 0 bridgehead atoms. The van der Waals surface area contributed by atoms with Crippen LogP contribution >= 0.6 is 0 Å². The Hall–Kier alpha value is -1.88. The first-order valence-electron chi connectivity index (χ1n) is 7.32. The molecule has 1 aromatic heterocycles. The molecule has 1 aliphatic rings. The van der Waals surface area contributed by atoms with Gasteiger partial charge >= 0.3 is 0 Å². The summed E-state index contributed by atoms with van der Waals surface area (Å²) in [5.74, 6) is -0.0211. The second-order valence-electron chi connectivity index (χ2n) is 6.37. The van der Waals surface area contributed by atoms with Crippen molar-refractivity contribution in [2.75, 3.05) is 6.54 Å². The van der Waals surface area contributed by atoms with E-state index in [1.54, 1.807) is 25.1 Å². The van der Waals surface area contributed by atoms with Crippen molar-refractivity contribution in [1.29, 1.82) is 0 Å². The van der Waals surface area contributed by atoms with Crippen LogP contribution in [-0.4, -0.2) is 43.7 Å². The van der Waals surface area contributed by atoms with Gasteiger partial charge < -0.3 is 14.6 Å². The van der Waals surface area contributed by atoms with Gasteiger partial charge in [-0.1, -0.05) is 0 Å². The van der Waals surface area contributed by atoms with Crippen molar-refractivity contribution in [3.8, 4) is 0 Å². The van der Waals surface area contributed by atoms with Crippen LogP contribution in [0.5, 0.6) is 0 Å². The van der Waals surface area contributed by atoms with Crippen LogP contribution in [0, 0.1) is 0 Å². The molecule has 3 rings (SSSR count). The number of rotatable bonds is 2. The average Bonchev–Trinajstić information content (AvgIpc) is 3.04. The van der Waals surface area contributed by atoms with Gasteiger partial charge in [0.05, 0.1) is 29.0 Å². The summed E-state index contributed by atoms with van der Waals surface area (Å²) in [6.07, 6.45) is 3.53. The normalized spacial score (nSPS) is 19.4. The molecule has 1 aromatic carbocycles. The fourth-order valence-electron chi connectivity index (χ4n) is 3.18. The molecule has 1 saturated heterocycles. The summed E-state index contributed by atoms with van der Waals surface area (Å²) in [5.41, 5.74) is 1.59. The number of likely N-dealkylation sites (tertiary alicyclic amines) is 1. The molecule has 5 nitrogen and oxygen atoms in total. The summed E-state index contributed by atoms with van der Waals surface area (Å²) in [6.45, 7) is 4.24. The topological polar surface area (TPSA) is 58.4 Å². The first-order chi connectivity index (χ1) is 9.88. The minimum Gasteiger partial charge on any atom is -0.388 e. The molecule has 1 atom stereocenters. The molecule has 112 valence electrons. The minimum absolute atomic E-state index is 0.0211. The van der Waals surface area contributed by atoms with Crippen LogP contribution in [0.15, 0.2) is 24.5 Å². The molecule has 0 spiro atoms. The Kier molecular flexibility index (Phi) is 3.24. The number of benzene rings is 1. The Balaban J connectivity index is 1.92. The third kappa shape index (κ3) is 2.42. The number of aromatic nitrogens is 2. The zero-order valence-corrected chi connectivity index (χ0v) is 12.7. The lowest BCUT2D eigenvalue weighted by Gasteiger charge is -2.33. The quantitative estimate of drug-likeness (QED) is 0.918. The van der Waals surface area contributed by atoms with E-state index in [-0.39, 0.29) is 11.9 Å². The summed E-state index contributed by atoms with van der Waals surface area (Å²) in [4.78, 5) is 18.8. The van der Waals surface area contributed by atoms with Gasteiger partial charge in [0, 0.05) is 19.2 Å². The largest absolute Gasteiger partial charge is 0.388 e. The van der Waals surface area contributed by atoms with E-state index in [1.165, 1.54) is 0 Å². The second kappa shape index (κ2) is 4.84. The standard InChI is InChI=1S/C16H21N3O2/c1-16(2,21)14-5-4-8-19(14)15(20)11-6-7-13-12(9-11)17-10-18(13)3/h6-7,9-10,14,21H,4-5,8H2,1-3H3. The fraction of sp³-hybridized carbons (Fsp3) is 0.500. The van der Waals surface area contributed by atoms with E-state index in [0.29, 0.717) is 12.1 Å². The molecular weight excluding hydrogens is 266 g/mol. The van der Waals surface area contributed by atoms with Crippen molar-refractivity contribution in [1.82, 2.24) is 14.5 Å². The monoisotopic (exact) mass is 287 g/mol. The number of fused-ring (bicyclic) bond motifs is 1. The number of carbonyl (C=O) groups excluding carboxylic acids is 1. The number of nitrogens with zero attached hydrogens (tertiary/aromatic N) is 3. The van der Waals surface area contributed by atoms with Gasteiger partial charge in [0.25, 0.3) is 5.91 Å². The highest BCUT2D eigenvalue weighted by atomic mass is 16.3. The Morgan fingerprint density at radius 1 is 1.43 bits per heavy atom. The molecule has 0 aliphatic carbocycles. The third-order valence-electron chi connectivity index (χ3n) is 4.30. The van der Waals surface area contributed by atoms with E-state index in [4.69, 9.17) is 0 Å². The van der Waals surface area contributed by atoms with Crippen molar-refractivity contribution in [2.45, 2.75) is 38.3 Å². The fourth-order valence-corrected chi connectivity index (χ4v) is 3.18. The van der Waals surface area contributed by atoms with Gasteiger partial charge in [0.15, 0.2) is 0 Å². The van der Waals surface area contributed by atoms with Gasteiger partial charge in [0.2, 0.25) is 0 Å². The number of imidazole rings is 1. The molecule has 5 heteroatoms. The summed E-state index contributed by atoms with van der Waals surface area (Å²) >= 11 is 0. The number of amides is 1. The lowest BCUT2D eigenvalue weighted by atomic mass is 9.96. The lowest BCUT2D eigenvalue weighted by Crippen LogP contribution is -2.48. The average molecular weight is 287 g/mol. The van der Waals surface area contributed by atoms with E-state index in [1.807, 2.05) is 29.8 Å². The molecule has 1 aliphatic heterocycles. The molecule has 2 heterocycles. The van der Waals surface area contributed by atoms with Gasteiger partial charge in [-0.25, -0.2) is 4.98 Å². The van der Waals surface area contributed by atoms with E-state index in [9.17, 15) is 9.90 Å². The molecule has 1 unspecified atom stereocenters. The zero-order valence-electron chi connectivity index (χ0n) is 12.7. The van der Waals surface area contributed by atoms with Gasteiger partial charge in [0.1, 0.15) is 0 Å². The Labute approximate surface area is 124 Å². The van der Waals surface area contributed by atoms with Crippen molar-refractivity contribution >= 4 is 16.9 Å². The van der Waals surface area contributed by atoms with Crippen LogP contribution in [0.3, 0.4) is 0 Å². The van der Waals surface area contributed by atoms with E-state index in [2.05, 4.69) is 4.98 Å². The maximum Gasteiger partial charge on any atom is 0.254 e. The Morgan fingerprint density at radius 2 is 2.19 bits per heavy atom. The minimum atomic E-state index is -0.874. The first kappa shape index (κ1) is 14.1. The summed E-state index contributed by atoms with van der Waals surface area (Å²) in [7, 11) is 1.93. The van der Waals surface area contributed by atoms with Crippen molar-refractivity contribution in [3.05, 3.63) is 30.1 Å². The highest BCUT2D eigenvalue weighted by molar-refractivity contribution is 5.97. The molecule has 21 heavy (non-hydrogen) atoms. The van der Waals surface area contributed by atoms with Crippen LogP contribution in [0.4, 0.5) is 0 Å². The maximum absolute atomic E-state index is 12.7. The molecule has 0 saturated carbocycles. The molecule has 1 N–H and O–H groups in total. The lowest BCUT2D eigenvalue weighted by molar-refractivity contribution is 0.000342. The molecular formula is C16H21N3O2. The number of aryl methyl sites for hydroxylation is 1. The highest BCUT2D eigenvalue weighted by Crippen LogP contribution is 2.28. The van der Waals surface area contributed by atoms with E-state index >= 15 is 0 Å². The molecule has 0 radical (unpaired) electrons. The van der Waals surface area contributed by atoms with Crippen LogP contribution in [0.1, 0.15) is 37.0 Å². The predicted octanol–water partition coefficient (Wildman–Crippen LogP) is 1.95. The molecule has 1 fully saturated rings. The number of hydrogen-bond donors (Lipinski definition) is 1. The maximum atomic E-state index is 12.7. The van der Waals surface area contributed by atoms with Crippen molar-refractivity contribution in [3.63, 3.8) is 0 Å². The van der Waals surface area contributed by atoms with Crippen molar-refractivity contribution < 1.29 is 9.90 Å². The zero-order chi connectivity index (χ0) is 15.2. The number of carbonyl (C=O) groups is 1. The smallest absolute Gasteiger partial charge is 0.254 e. The number of hydrogen-bond acceptors (Lipinski definition) is 3. The molecule has 1 amide bonds. The van der Waals surface area contributed by atoms with Gasteiger partial charge in [-0.15, -0.1) is 0 Å². The van der Waals surface area contributed by atoms with E-state index in [0.717, 1.165) is 23.9 Å². The second-order valence-corrected chi connectivity index (χ2v) is 6.37. The van der Waals surface area contributed by atoms with Crippen molar-refractivity contribution in [2.24, 2.45) is 7.05 Å². The molecule has 2 aromatic rings. The highest BCUT2D eigenvalue weighted by Gasteiger charge is 2.38. The van der Waals surface area contributed by atoms with Crippen LogP contribution in [-0.2, 0) is 7.05 Å². The first-order valence-corrected chi connectivity index (χ1v) is 7.32. The number of aliphatic hydroxyl groups is 1. The van der Waals surface area contributed by atoms with Crippen LogP contribution < -0.4 is 0 Å². The van der Waals surface area contributed by atoms with E-state index < -0.39 is 5.60 Å². The van der Waals surface area contributed by atoms with Gasteiger partial charge in [-0.3, -0.25) is 4.79 Å². The Bertz CT molecular complexity index is 684. The SMILES string of the molecule is Cn1cnc2cc(C(=O)N3CCCC3C(C)(C)O)ccc21. The van der Waals surface area contributed by atoms with Gasteiger partial charge in [-0.05, 0) is 44.9 Å². The van der Waals surface area contributed by atoms with Gasteiger partial charge in [-0.2, -0.15) is 0 Å².